The Hall–Kier alpha value is -3.63. The maximum absolute atomic E-state index is 12.9. The summed E-state index contributed by atoms with van der Waals surface area (Å²) in [5, 5.41) is 0. The number of ether oxygens (including phenoxy) is 9. The summed E-state index contributed by atoms with van der Waals surface area (Å²) in [6.45, 7) is 20.7. The van der Waals surface area contributed by atoms with Crippen molar-refractivity contribution in [3.63, 3.8) is 0 Å². The fourth-order valence-corrected chi connectivity index (χ4v) is 18.9. The molecule has 13 aliphatic carbocycles. The Kier molecular flexibility index (Phi) is 34.3. The van der Waals surface area contributed by atoms with E-state index in [1.807, 2.05) is 69.2 Å². The van der Waals surface area contributed by atoms with Crippen molar-refractivity contribution in [1.29, 1.82) is 0 Å². The average molecular weight is 1340 g/mol. The van der Waals surface area contributed by atoms with Gasteiger partial charge in [-0.15, -0.1) is 0 Å². The molecule has 0 saturated heterocycles. The highest BCUT2D eigenvalue weighted by molar-refractivity contribution is 5.91. The number of fused-ring (bicyclic) bond motifs is 13. The Balaban J connectivity index is 0.000000675. The normalized spacial score (nSPS) is 35.0. The smallest absolute Gasteiger partial charge is 0.311 e. The van der Waals surface area contributed by atoms with Crippen molar-refractivity contribution in [1.82, 2.24) is 0 Å². The highest BCUT2D eigenvalue weighted by Gasteiger charge is 2.67. The molecular weight excluding hydrogens is 1190 g/mol. The average Bonchev–Trinajstić information content (AvgIpc) is 1.47. The van der Waals surface area contributed by atoms with Crippen LogP contribution >= 0.6 is 0 Å². The van der Waals surface area contributed by atoms with Gasteiger partial charge in [-0.1, -0.05) is 107 Å². The predicted octanol–water partition coefficient (Wildman–Crippen LogP) is 18.0. The van der Waals surface area contributed by atoms with Crippen LogP contribution in [0.4, 0.5) is 0 Å². The summed E-state index contributed by atoms with van der Waals surface area (Å²) >= 11 is 0. The molecule has 13 rings (SSSR count). The van der Waals surface area contributed by atoms with Crippen molar-refractivity contribution in [3.8, 4) is 0 Å². The number of hydrogen-bond acceptors (Lipinski definition) is 16. The van der Waals surface area contributed by atoms with Crippen LogP contribution in [0.1, 0.15) is 284 Å². The molecule has 0 aromatic heterocycles. The van der Waals surface area contributed by atoms with Gasteiger partial charge in [-0.2, -0.15) is 0 Å². The van der Waals surface area contributed by atoms with E-state index in [-0.39, 0.29) is 183 Å². The van der Waals surface area contributed by atoms with E-state index < -0.39 is 21.8 Å². The van der Waals surface area contributed by atoms with Crippen molar-refractivity contribution >= 4 is 41.6 Å². The van der Waals surface area contributed by atoms with Gasteiger partial charge in [0.1, 0.15) is 23.9 Å². The molecule has 18 unspecified atom stereocenters. The van der Waals surface area contributed by atoms with Gasteiger partial charge in [0.25, 0.3) is 0 Å². The minimum atomic E-state index is -0.715. The molecule has 0 amide bonds. The predicted molar refractivity (Wildman–Crippen MR) is 373 cm³/mol. The largest absolute Gasteiger partial charge is 0.462 e. The zero-order chi connectivity index (χ0) is 60.8. The van der Waals surface area contributed by atoms with E-state index >= 15 is 0 Å². The number of rotatable bonds is 22. The first-order valence-electron chi connectivity index (χ1n) is 33.9. The lowest BCUT2D eigenvalue weighted by atomic mass is 9.53. The Morgan fingerprint density at radius 1 is 0.426 bits per heavy atom. The molecule has 0 aromatic rings. The van der Waals surface area contributed by atoms with Crippen LogP contribution < -0.4 is 0 Å². The number of ketones is 1. The zero-order valence-corrected chi connectivity index (χ0v) is 53.4. The first kappa shape index (κ1) is 88.4. The molecule has 0 radical (unpaired) electrons. The third-order valence-corrected chi connectivity index (χ3v) is 24.6. The fraction of sp³-hybridized carbons (Fsp3) is 0.910. The van der Waals surface area contributed by atoms with Gasteiger partial charge in [0.05, 0.1) is 40.6 Å². The maximum atomic E-state index is 12.9. The fourth-order valence-electron chi connectivity index (χ4n) is 18.9. The van der Waals surface area contributed by atoms with Gasteiger partial charge >= 0.3 is 35.8 Å². The van der Waals surface area contributed by atoms with Gasteiger partial charge in [-0.25, -0.2) is 0 Å². The summed E-state index contributed by atoms with van der Waals surface area (Å²) in [4.78, 5) is 88.3. The van der Waals surface area contributed by atoms with Crippen LogP contribution in [0, 0.1) is 117 Å². The van der Waals surface area contributed by atoms with E-state index in [4.69, 9.17) is 42.6 Å². The monoisotopic (exact) mass is 1340 g/mol. The first-order chi connectivity index (χ1) is 40.5. The van der Waals surface area contributed by atoms with Crippen molar-refractivity contribution in [3.05, 3.63) is 0 Å². The Morgan fingerprint density at radius 3 is 1.29 bits per heavy atom. The molecule has 0 N–H and O–H groups in total. The van der Waals surface area contributed by atoms with Crippen LogP contribution in [0.5, 0.6) is 0 Å². The van der Waals surface area contributed by atoms with Crippen molar-refractivity contribution < 1.29 is 76.2 Å². The van der Waals surface area contributed by atoms with Gasteiger partial charge in [-0.05, 0) is 242 Å². The third kappa shape index (κ3) is 18.6. The van der Waals surface area contributed by atoms with E-state index in [2.05, 4.69) is 0 Å². The summed E-state index contributed by atoms with van der Waals surface area (Å²) in [5.41, 5.74) is -2.10. The minimum Gasteiger partial charge on any atom is -0.462 e. The molecule has 18 atom stereocenters. The lowest BCUT2D eigenvalue weighted by Gasteiger charge is -2.54. The highest BCUT2D eigenvalue weighted by Crippen LogP contribution is 2.69. The number of carbonyl (C=O) groups is 7. The summed E-state index contributed by atoms with van der Waals surface area (Å²) in [5.74, 6) is 5.37. The lowest BCUT2D eigenvalue weighted by molar-refractivity contribution is -0.210. The molecule has 12 bridgehead atoms. The van der Waals surface area contributed by atoms with Gasteiger partial charge in [0.15, 0.2) is 26.2 Å². The molecule has 550 valence electrons. The van der Waals surface area contributed by atoms with Gasteiger partial charge in [-0.3, -0.25) is 33.6 Å². The molecule has 0 spiro atoms. The molecule has 16 heteroatoms. The number of hydrogen-bond donors (Lipinski definition) is 0. The van der Waals surface area contributed by atoms with Gasteiger partial charge in [0.2, 0.25) is 0 Å². The van der Waals surface area contributed by atoms with Gasteiger partial charge < -0.3 is 42.6 Å². The summed E-state index contributed by atoms with van der Waals surface area (Å²) in [7, 11) is 0. The molecular formula is C78H142O16. The van der Waals surface area contributed by atoms with Gasteiger partial charge in [0, 0.05) is 24.4 Å². The van der Waals surface area contributed by atoms with Crippen LogP contribution in [-0.2, 0) is 76.2 Å². The molecule has 0 aliphatic heterocycles. The van der Waals surface area contributed by atoms with Crippen LogP contribution in [0.2, 0.25) is 0 Å². The second kappa shape index (κ2) is 36.5. The summed E-state index contributed by atoms with van der Waals surface area (Å²) < 4.78 is 50.8. The second-order valence-corrected chi connectivity index (χ2v) is 30.9. The molecule has 94 heavy (non-hydrogen) atoms. The van der Waals surface area contributed by atoms with E-state index in [9.17, 15) is 33.6 Å². The van der Waals surface area contributed by atoms with E-state index in [1.54, 1.807) is 0 Å². The van der Waals surface area contributed by atoms with Crippen LogP contribution in [0.25, 0.3) is 0 Å². The zero-order valence-electron chi connectivity index (χ0n) is 53.4. The maximum Gasteiger partial charge on any atom is 0.311 e. The molecule has 16 nitrogen and oxygen atoms in total. The number of Topliss-reactive ketones (excluding diaryl/α,β-unsaturated/α-hetero) is 1. The SMILES string of the molecule is C.C.C.C.C.C.C.C.C.CCC(C)(C)C(=O)OC1CC2CC(C(=O)OCOC34CC5CC(CC(C5)C3=O)C4)C1C2.CCC(C)(C)C(=O)OC1CC2CC(C(=O)OCOCC3CCCCC3)C1C2.CCOCOC(=O)C1CC2CC1C1C3CC(CC3OC(=O)C(C)(C)CC)C21. The topological polar surface area (TPSA) is 203 Å². The lowest BCUT2D eigenvalue weighted by Crippen LogP contribution is -2.59. The molecule has 0 heterocycles. The van der Waals surface area contributed by atoms with Crippen molar-refractivity contribution in [2.75, 3.05) is 33.6 Å². The quantitative estimate of drug-likeness (QED) is 0.0325. The van der Waals surface area contributed by atoms with Crippen molar-refractivity contribution in [2.24, 2.45) is 117 Å². The first-order valence-corrected chi connectivity index (χ1v) is 33.9. The Labute approximate surface area is 573 Å². The molecule has 13 fully saturated rings. The summed E-state index contributed by atoms with van der Waals surface area (Å²) in [6, 6.07) is 0. The van der Waals surface area contributed by atoms with E-state index in [0.29, 0.717) is 72.4 Å². The van der Waals surface area contributed by atoms with Crippen LogP contribution in [0.15, 0.2) is 0 Å². The standard InChI is InChI=1S/C25H36O6.C22H34O5.C22H36O5.9CH4/c1-4-24(2,3)23(28)31-20-10-14-8-18(20)19(9-14)22(27)29-13-30-25-11-15-5-16(12-25)7-17(6-15)21(25)26;1-5-22(3,4)21(24)27-17-10-13-9-16(17)19-14-7-12(18(13)19)8-15(14)20(23)26-11-25-6-2;1-4-22(2,3)21(24)27-19-12-16-10-17(19)18(11-16)20(23)26-14-25-13-15-8-6-5-7-9-15;;;;;;;;;/h14-20H,4-13H2,1-3H3;12-19H,5-11H2,1-4H3;15-19H,4-14H2,1-3H3;9*1H4. The van der Waals surface area contributed by atoms with Crippen molar-refractivity contribution in [2.45, 2.75) is 308 Å². The Bertz CT molecular complexity index is 2400. The van der Waals surface area contributed by atoms with E-state index in [0.717, 1.165) is 109 Å². The Morgan fingerprint density at radius 2 is 0.840 bits per heavy atom. The van der Waals surface area contributed by atoms with Crippen LogP contribution in [-0.4, -0.2) is 99.1 Å². The highest BCUT2D eigenvalue weighted by atomic mass is 16.7. The summed E-state index contributed by atoms with van der Waals surface area (Å²) in [6.07, 6.45) is 22.7. The van der Waals surface area contributed by atoms with Crippen LogP contribution in [0.3, 0.4) is 0 Å². The molecule has 0 aromatic carbocycles. The number of esters is 6. The second-order valence-electron chi connectivity index (χ2n) is 30.9. The minimum absolute atomic E-state index is 0. The number of carbonyl (C=O) groups excluding carboxylic acids is 7. The molecule has 13 aliphatic rings. The third-order valence-electron chi connectivity index (χ3n) is 24.6. The van der Waals surface area contributed by atoms with E-state index in [1.165, 1.54) is 44.9 Å². The molecule has 13 saturated carbocycles.